The van der Waals surface area contributed by atoms with Gasteiger partial charge in [0.15, 0.2) is 0 Å². The predicted molar refractivity (Wildman–Crippen MR) is 57.2 cm³/mol. The van der Waals surface area contributed by atoms with E-state index in [1.807, 2.05) is 7.05 Å². The van der Waals surface area contributed by atoms with Crippen LogP contribution in [-0.4, -0.2) is 58.5 Å². The van der Waals surface area contributed by atoms with Crippen LogP contribution >= 0.6 is 0 Å². The van der Waals surface area contributed by atoms with Crippen LogP contribution in [0.25, 0.3) is 0 Å². The first-order valence-electron chi connectivity index (χ1n) is 4.96. The first-order chi connectivity index (χ1) is 6.85. The maximum atomic E-state index is 11.0. The van der Waals surface area contributed by atoms with E-state index in [2.05, 4.69) is 4.90 Å². The van der Waals surface area contributed by atoms with E-state index in [4.69, 9.17) is 8.92 Å². The van der Waals surface area contributed by atoms with E-state index in [-0.39, 0.29) is 18.2 Å². The van der Waals surface area contributed by atoms with Crippen molar-refractivity contribution in [2.75, 3.05) is 27.0 Å². The summed E-state index contributed by atoms with van der Waals surface area (Å²) in [4.78, 5) is 2.07. The fourth-order valence-electron chi connectivity index (χ4n) is 2.19. The minimum Gasteiger partial charge on any atom is -0.380 e. The molecule has 90 valence electrons. The molecular formula is C9H19NO4S. The molecular weight excluding hydrogens is 218 g/mol. The number of ether oxygens (including phenoxy) is 1. The molecule has 1 fully saturated rings. The highest BCUT2D eigenvalue weighted by atomic mass is 32.2. The molecule has 1 rings (SSSR count). The van der Waals surface area contributed by atoms with E-state index in [0.717, 1.165) is 19.2 Å². The molecule has 0 aromatic heterocycles. The largest absolute Gasteiger partial charge is 0.380 e. The van der Waals surface area contributed by atoms with Gasteiger partial charge in [-0.25, -0.2) is 0 Å². The van der Waals surface area contributed by atoms with Crippen LogP contribution in [0.2, 0.25) is 0 Å². The third kappa shape index (κ3) is 3.41. The fourth-order valence-corrected chi connectivity index (χ4v) is 2.85. The van der Waals surface area contributed by atoms with Crippen molar-refractivity contribution in [1.29, 1.82) is 0 Å². The third-order valence-electron chi connectivity index (χ3n) is 2.77. The SMILES string of the molecule is CO[C@H]1CCN(C)[C@@H]1[C@H](C)OS(C)(=O)=O. The summed E-state index contributed by atoms with van der Waals surface area (Å²) in [5.41, 5.74) is 0. The molecule has 0 saturated carbocycles. The van der Waals surface area contributed by atoms with E-state index >= 15 is 0 Å². The Morgan fingerprint density at radius 1 is 1.47 bits per heavy atom. The highest BCUT2D eigenvalue weighted by Gasteiger charge is 2.37. The summed E-state index contributed by atoms with van der Waals surface area (Å²) >= 11 is 0. The lowest BCUT2D eigenvalue weighted by atomic mass is 10.1. The second-order valence-electron chi connectivity index (χ2n) is 4.04. The Labute approximate surface area is 91.5 Å². The number of hydrogen-bond acceptors (Lipinski definition) is 5. The van der Waals surface area contributed by atoms with Gasteiger partial charge in [0.2, 0.25) is 0 Å². The van der Waals surface area contributed by atoms with E-state index in [0.29, 0.717) is 0 Å². The summed E-state index contributed by atoms with van der Waals surface area (Å²) in [6, 6.07) is 0.00437. The van der Waals surface area contributed by atoms with Gasteiger partial charge in [-0.1, -0.05) is 0 Å². The van der Waals surface area contributed by atoms with Crippen molar-refractivity contribution >= 4 is 10.1 Å². The van der Waals surface area contributed by atoms with Crippen molar-refractivity contribution in [3.63, 3.8) is 0 Å². The lowest BCUT2D eigenvalue weighted by Crippen LogP contribution is -2.44. The summed E-state index contributed by atoms with van der Waals surface area (Å²) in [6.07, 6.45) is 1.65. The molecule has 0 aliphatic carbocycles. The third-order valence-corrected chi connectivity index (χ3v) is 3.42. The van der Waals surface area contributed by atoms with Gasteiger partial charge in [0.1, 0.15) is 0 Å². The van der Waals surface area contributed by atoms with Gasteiger partial charge in [-0.2, -0.15) is 8.42 Å². The number of methoxy groups -OCH3 is 1. The van der Waals surface area contributed by atoms with Crippen LogP contribution in [0, 0.1) is 0 Å². The maximum absolute atomic E-state index is 11.0. The summed E-state index contributed by atoms with van der Waals surface area (Å²) in [5.74, 6) is 0. The Hall–Kier alpha value is -0.170. The van der Waals surface area contributed by atoms with Crippen LogP contribution in [0.4, 0.5) is 0 Å². The number of likely N-dealkylation sites (N-methyl/N-ethyl adjacent to an activating group) is 1. The van der Waals surface area contributed by atoms with E-state index in [9.17, 15) is 8.42 Å². The zero-order valence-electron chi connectivity index (χ0n) is 9.63. The van der Waals surface area contributed by atoms with Crippen molar-refractivity contribution < 1.29 is 17.3 Å². The number of rotatable bonds is 4. The Morgan fingerprint density at radius 3 is 2.53 bits per heavy atom. The summed E-state index contributed by atoms with van der Waals surface area (Å²) in [5, 5.41) is 0. The predicted octanol–water partition coefficient (Wildman–Crippen LogP) is 0.0702. The van der Waals surface area contributed by atoms with Crippen molar-refractivity contribution in [3.8, 4) is 0 Å². The molecule has 3 atom stereocenters. The molecule has 5 nitrogen and oxygen atoms in total. The Morgan fingerprint density at radius 2 is 2.07 bits per heavy atom. The van der Waals surface area contributed by atoms with Crippen molar-refractivity contribution in [3.05, 3.63) is 0 Å². The number of hydrogen-bond donors (Lipinski definition) is 0. The average molecular weight is 237 g/mol. The normalized spacial score (nSPS) is 30.7. The van der Waals surface area contributed by atoms with Crippen molar-refractivity contribution in [1.82, 2.24) is 4.90 Å². The molecule has 15 heavy (non-hydrogen) atoms. The molecule has 0 bridgehead atoms. The van der Waals surface area contributed by atoms with Crippen molar-refractivity contribution in [2.24, 2.45) is 0 Å². The molecule has 1 heterocycles. The van der Waals surface area contributed by atoms with E-state index < -0.39 is 10.1 Å². The van der Waals surface area contributed by atoms with Crippen LogP contribution in [0.1, 0.15) is 13.3 Å². The fraction of sp³-hybridized carbons (Fsp3) is 1.00. The smallest absolute Gasteiger partial charge is 0.264 e. The van der Waals surface area contributed by atoms with Gasteiger partial charge in [-0.3, -0.25) is 9.08 Å². The lowest BCUT2D eigenvalue weighted by molar-refractivity contribution is 0.0215. The Bertz CT molecular complexity index is 303. The second-order valence-corrected chi connectivity index (χ2v) is 5.64. The van der Waals surface area contributed by atoms with Crippen molar-refractivity contribution in [2.45, 2.75) is 31.6 Å². The molecule has 0 amide bonds. The molecule has 0 aromatic carbocycles. The van der Waals surface area contributed by atoms with Crippen LogP contribution in [0.5, 0.6) is 0 Å². The lowest BCUT2D eigenvalue weighted by Gasteiger charge is -2.28. The van der Waals surface area contributed by atoms with Gasteiger partial charge >= 0.3 is 0 Å². The molecule has 0 spiro atoms. The van der Waals surface area contributed by atoms with Crippen LogP contribution < -0.4 is 0 Å². The van der Waals surface area contributed by atoms with E-state index in [1.54, 1.807) is 14.0 Å². The molecule has 1 aliphatic rings. The second kappa shape index (κ2) is 4.78. The van der Waals surface area contributed by atoms with E-state index in [1.165, 1.54) is 0 Å². The number of nitrogens with zero attached hydrogens (tertiary/aromatic N) is 1. The highest BCUT2D eigenvalue weighted by molar-refractivity contribution is 7.86. The van der Waals surface area contributed by atoms with Gasteiger partial charge < -0.3 is 4.74 Å². The first-order valence-corrected chi connectivity index (χ1v) is 6.78. The van der Waals surface area contributed by atoms with Crippen LogP contribution in [0.3, 0.4) is 0 Å². The van der Waals surface area contributed by atoms with Gasteiger partial charge in [-0.15, -0.1) is 0 Å². The summed E-state index contributed by atoms with van der Waals surface area (Å²) in [7, 11) is 0.195. The Balaban J connectivity index is 2.68. The minimum atomic E-state index is -3.40. The standard InChI is InChI=1S/C9H19NO4S/c1-7(14-15(4,11)12)9-8(13-3)5-6-10(9)2/h7-9H,5-6H2,1-4H3/t7-,8-,9+/m0/s1. The van der Waals surface area contributed by atoms with Gasteiger partial charge in [-0.05, 0) is 20.4 Å². The summed E-state index contributed by atoms with van der Waals surface area (Å²) < 4.78 is 32.3. The quantitative estimate of drug-likeness (QED) is 0.648. The monoisotopic (exact) mass is 237 g/mol. The maximum Gasteiger partial charge on any atom is 0.264 e. The zero-order valence-corrected chi connectivity index (χ0v) is 10.5. The summed E-state index contributed by atoms with van der Waals surface area (Å²) in [6.45, 7) is 2.67. The van der Waals surface area contributed by atoms with Crippen LogP contribution in [-0.2, 0) is 19.0 Å². The highest BCUT2D eigenvalue weighted by Crippen LogP contribution is 2.23. The average Bonchev–Trinajstić information content (AvgIpc) is 2.43. The topological polar surface area (TPSA) is 55.8 Å². The molecule has 1 aliphatic heterocycles. The van der Waals surface area contributed by atoms with Gasteiger partial charge in [0.25, 0.3) is 10.1 Å². The molecule has 0 N–H and O–H groups in total. The molecule has 0 radical (unpaired) electrons. The van der Waals surface area contributed by atoms with Gasteiger partial charge in [0, 0.05) is 13.7 Å². The first kappa shape index (κ1) is 12.9. The van der Waals surface area contributed by atoms with Crippen LogP contribution in [0.15, 0.2) is 0 Å². The van der Waals surface area contributed by atoms with Gasteiger partial charge in [0.05, 0.1) is 24.5 Å². The Kier molecular flexibility index (Phi) is 4.11. The molecule has 6 heteroatoms. The molecule has 1 saturated heterocycles. The molecule has 0 aromatic rings. The minimum absolute atomic E-state index is 0.00437. The molecule has 0 unspecified atom stereocenters. The zero-order chi connectivity index (χ0) is 11.6. The number of likely N-dealkylation sites (tertiary alicyclic amines) is 1.